The van der Waals surface area contributed by atoms with Crippen molar-refractivity contribution < 1.29 is 59.5 Å². The van der Waals surface area contributed by atoms with Crippen LogP contribution in [0.4, 0.5) is 0 Å². The third-order valence-electron chi connectivity index (χ3n) is 4.24. The van der Waals surface area contributed by atoms with Crippen molar-refractivity contribution in [2.75, 3.05) is 13.2 Å². The van der Waals surface area contributed by atoms with Crippen LogP contribution in [-0.2, 0) is 23.7 Å². The van der Waals surface area contributed by atoms with E-state index >= 15 is 0 Å². The maximum absolute atomic E-state index is 11.0. The van der Waals surface area contributed by atoms with Gasteiger partial charge in [0, 0.05) is 6.92 Å². The second kappa shape index (κ2) is 8.84. The molecule has 0 spiro atoms. The molecule has 0 amide bonds. The van der Waals surface area contributed by atoms with Gasteiger partial charge in [-0.25, -0.2) is 0 Å². The van der Waals surface area contributed by atoms with Gasteiger partial charge in [0.1, 0.15) is 48.8 Å². The summed E-state index contributed by atoms with van der Waals surface area (Å²) >= 11 is 0. The Bertz CT molecular complexity index is 471. The van der Waals surface area contributed by atoms with Crippen LogP contribution in [0.3, 0.4) is 0 Å². The molecule has 26 heavy (non-hydrogen) atoms. The highest BCUT2D eigenvalue weighted by Gasteiger charge is 2.51. The van der Waals surface area contributed by atoms with Gasteiger partial charge in [-0.05, 0) is 0 Å². The summed E-state index contributed by atoms with van der Waals surface area (Å²) in [5, 5.41) is 68.3. The molecule has 12 heteroatoms. The average Bonchev–Trinajstić information content (AvgIpc) is 2.60. The first-order valence-electron chi connectivity index (χ1n) is 7.96. The summed E-state index contributed by atoms with van der Waals surface area (Å²) in [7, 11) is 0. The summed E-state index contributed by atoms with van der Waals surface area (Å²) < 4.78 is 20.4. The fraction of sp³-hybridized carbons (Fsp3) is 0.929. The average molecular weight is 384 g/mol. The van der Waals surface area contributed by atoms with Crippen LogP contribution in [0.5, 0.6) is 0 Å². The summed E-state index contributed by atoms with van der Waals surface area (Å²) in [5.74, 6) is -0.786. The Morgan fingerprint density at radius 1 is 0.808 bits per heavy atom. The summed E-state index contributed by atoms with van der Waals surface area (Å²) in [6.45, 7) is -0.328. The van der Waals surface area contributed by atoms with Gasteiger partial charge >= 0.3 is 5.97 Å². The van der Waals surface area contributed by atoms with Crippen molar-refractivity contribution in [1.29, 1.82) is 0 Å². The van der Waals surface area contributed by atoms with E-state index in [1.54, 1.807) is 0 Å². The second-order valence-corrected chi connectivity index (χ2v) is 6.11. The fourth-order valence-corrected chi connectivity index (χ4v) is 2.82. The van der Waals surface area contributed by atoms with Gasteiger partial charge in [-0.1, -0.05) is 0 Å². The quantitative estimate of drug-likeness (QED) is 0.224. The summed E-state index contributed by atoms with van der Waals surface area (Å²) in [6, 6.07) is 0. The zero-order valence-electron chi connectivity index (χ0n) is 13.9. The maximum atomic E-state index is 11.0. The lowest BCUT2D eigenvalue weighted by Crippen LogP contribution is -2.64. The normalized spacial score (nSPS) is 46.8. The predicted molar refractivity (Wildman–Crippen MR) is 78.2 cm³/mol. The molecule has 12 nitrogen and oxygen atoms in total. The van der Waals surface area contributed by atoms with Gasteiger partial charge in [0.2, 0.25) is 6.29 Å². The molecule has 0 aromatic rings. The first-order chi connectivity index (χ1) is 12.2. The van der Waals surface area contributed by atoms with Gasteiger partial charge in [-0.3, -0.25) is 4.79 Å². The van der Waals surface area contributed by atoms with Gasteiger partial charge in [0.05, 0.1) is 13.2 Å². The standard InChI is InChI=1S/C14H24O12/c1-4(17)23-13-11(22)9(20)12(6(3-16)25-13)26-14-10(21)8(19)7(18)5(2-15)24-14/h5-16,18-22H,2-3H2,1H3/t5-,6-,7-,8+,9-,10-,11-,12-,13?,14-/m1/s1. The topological polar surface area (TPSA) is 196 Å². The van der Waals surface area contributed by atoms with E-state index < -0.39 is 80.6 Å². The Morgan fingerprint density at radius 3 is 1.88 bits per heavy atom. The fourth-order valence-electron chi connectivity index (χ4n) is 2.82. The lowest BCUT2D eigenvalue weighted by atomic mass is 9.97. The van der Waals surface area contributed by atoms with E-state index in [-0.39, 0.29) is 0 Å². The predicted octanol–water partition coefficient (Wildman–Crippen LogP) is -4.83. The third-order valence-corrected chi connectivity index (χ3v) is 4.24. The Kier molecular flexibility index (Phi) is 7.27. The highest BCUT2D eigenvalue weighted by Crippen LogP contribution is 2.29. The Hall–Kier alpha value is -0.930. The zero-order valence-corrected chi connectivity index (χ0v) is 13.9. The van der Waals surface area contributed by atoms with E-state index in [1.807, 2.05) is 0 Å². The van der Waals surface area contributed by atoms with Gasteiger partial charge in [-0.15, -0.1) is 0 Å². The number of carbonyl (C=O) groups excluding carboxylic acids is 1. The van der Waals surface area contributed by atoms with E-state index in [2.05, 4.69) is 0 Å². The molecule has 0 aromatic heterocycles. The third kappa shape index (κ3) is 4.31. The van der Waals surface area contributed by atoms with Crippen LogP contribution in [0.2, 0.25) is 0 Å². The van der Waals surface area contributed by atoms with E-state index in [1.165, 1.54) is 0 Å². The van der Waals surface area contributed by atoms with Crippen LogP contribution in [0.15, 0.2) is 0 Å². The lowest BCUT2D eigenvalue weighted by Gasteiger charge is -2.45. The van der Waals surface area contributed by atoms with Crippen molar-refractivity contribution >= 4 is 5.97 Å². The minimum Gasteiger partial charge on any atom is -0.433 e. The second-order valence-electron chi connectivity index (χ2n) is 6.11. The van der Waals surface area contributed by atoms with Crippen molar-refractivity contribution in [2.45, 2.75) is 68.3 Å². The molecular weight excluding hydrogens is 360 g/mol. The first kappa shape index (κ1) is 21.4. The maximum Gasteiger partial charge on any atom is 0.305 e. The molecule has 2 fully saturated rings. The molecule has 0 radical (unpaired) electrons. The molecule has 7 N–H and O–H groups in total. The van der Waals surface area contributed by atoms with E-state index in [9.17, 15) is 35.4 Å². The van der Waals surface area contributed by atoms with Crippen LogP contribution in [0.1, 0.15) is 6.92 Å². The lowest BCUT2D eigenvalue weighted by molar-refractivity contribution is -0.355. The van der Waals surface area contributed by atoms with Crippen molar-refractivity contribution in [3.63, 3.8) is 0 Å². The van der Waals surface area contributed by atoms with E-state index in [0.29, 0.717) is 0 Å². The molecule has 0 saturated carbocycles. The molecule has 152 valence electrons. The summed E-state index contributed by atoms with van der Waals surface area (Å²) in [6.07, 6.45) is -15.6. The molecule has 10 atom stereocenters. The van der Waals surface area contributed by atoms with Crippen LogP contribution in [0.25, 0.3) is 0 Å². The smallest absolute Gasteiger partial charge is 0.305 e. The van der Waals surface area contributed by atoms with Crippen LogP contribution in [-0.4, -0.2) is 116 Å². The Labute approximate surface area is 148 Å². The molecule has 2 aliphatic heterocycles. The van der Waals surface area contributed by atoms with Crippen LogP contribution < -0.4 is 0 Å². The molecule has 0 bridgehead atoms. The number of aliphatic hydroxyl groups excluding tert-OH is 7. The van der Waals surface area contributed by atoms with E-state index in [0.717, 1.165) is 6.92 Å². The molecule has 1 unspecified atom stereocenters. The van der Waals surface area contributed by atoms with Crippen molar-refractivity contribution in [3.8, 4) is 0 Å². The number of carbonyl (C=O) groups is 1. The van der Waals surface area contributed by atoms with Crippen LogP contribution >= 0.6 is 0 Å². The first-order valence-corrected chi connectivity index (χ1v) is 7.96. The number of ether oxygens (including phenoxy) is 4. The van der Waals surface area contributed by atoms with Crippen molar-refractivity contribution in [2.24, 2.45) is 0 Å². The zero-order chi connectivity index (χ0) is 19.6. The molecule has 2 rings (SSSR count). The van der Waals surface area contributed by atoms with E-state index in [4.69, 9.17) is 24.1 Å². The van der Waals surface area contributed by atoms with Gasteiger partial charge in [-0.2, -0.15) is 0 Å². The summed E-state index contributed by atoms with van der Waals surface area (Å²) in [4.78, 5) is 11.0. The monoisotopic (exact) mass is 384 g/mol. The van der Waals surface area contributed by atoms with Crippen molar-refractivity contribution in [3.05, 3.63) is 0 Å². The van der Waals surface area contributed by atoms with Gasteiger partial charge in [0.25, 0.3) is 0 Å². The SMILES string of the molecule is CC(=O)OC1O[C@H](CO)[C@@H](O[C@H]2O[C@H](CO)[C@@H](O)[C@H](O)[C@H]2O)[C@H](O)[C@H]1O. The summed E-state index contributed by atoms with van der Waals surface area (Å²) in [5.41, 5.74) is 0. The number of rotatable bonds is 5. The van der Waals surface area contributed by atoms with Gasteiger partial charge < -0.3 is 54.7 Å². The highest BCUT2D eigenvalue weighted by molar-refractivity contribution is 5.66. The van der Waals surface area contributed by atoms with Gasteiger partial charge in [0.15, 0.2) is 6.29 Å². The molecule has 2 saturated heterocycles. The Balaban J connectivity index is 2.12. The number of aliphatic hydroxyl groups is 7. The molecule has 0 aromatic carbocycles. The largest absolute Gasteiger partial charge is 0.433 e. The molecule has 0 aliphatic carbocycles. The highest BCUT2D eigenvalue weighted by atomic mass is 16.7. The molecule has 2 heterocycles. The molecular formula is C14H24O12. The van der Waals surface area contributed by atoms with Crippen molar-refractivity contribution in [1.82, 2.24) is 0 Å². The minimum atomic E-state index is -1.75. The number of esters is 1. The van der Waals surface area contributed by atoms with Crippen LogP contribution in [0, 0.1) is 0 Å². The number of hydrogen-bond donors (Lipinski definition) is 7. The Morgan fingerprint density at radius 2 is 1.35 bits per heavy atom. The molecule has 2 aliphatic rings. The minimum absolute atomic E-state index is 0.685. The number of hydrogen-bond acceptors (Lipinski definition) is 12.